The number of ether oxygens (including phenoxy) is 1. The van der Waals surface area contributed by atoms with E-state index in [1.807, 2.05) is 13.8 Å². The van der Waals surface area contributed by atoms with Crippen molar-refractivity contribution in [1.82, 2.24) is 0 Å². The van der Waals surface area contributed by atoms with E-state index in [1.54, 1.807) is 12.1 Å². The Morgan fingerprint density at radius 2 is 1.77 bits per heavy atom. The fourth-order valence-electron chi connectivity index (χ4n) is 3.14. The van der Waals surface area contributed by atoms with Crippen molar-refractivity contribution in [2.75, 3.05) is 0 Å². The van der Waals surface area contributed by atoms with Crippen LogP contribution in [0.4, 0.5) is 0 Å². The Kier molecular flexibility index (Phi) is 3.49. The molecule has 1 atom stereocenters. The van der Waals surface area contributed by atoms with Crippen molar-refractivity contribution in [2.45, 2.75) is 32.0 Å². The van der Waals surface area contributed by atoms with E-state index >= 15 is 0 Å². The van der Waals surface area contributed by atoms with Crippen LogP contribution in [0.2, 0.25) is 0 Å². The van der Waals surface area contributed by atoms with Gasteiger partial charge in [-0.05, 0) is 31.5 Å². The van der Waals surface area contributed by atoms with Crippen molar-refractivity contribution in [3.8, 4) is 28.4 Å². The minimum absolute atomic E-state index is 0.0156. The van der Waals surface area contributed by atoms with Crippen molar-refractivity contribution in [3.63, 3.8) is 0 Å². The smallest absolute Gasteiger partial charge is 0.204 e. The van der Waals surface area contributed by atoms with E-state index in [2.05, 4.69) is 0 Å². The summed E-state index contributed by atoms with van der Waals surface area (Å²) in [5.74, 6) is -0.344. The van der Waals surface area contributed by atoms with Gasteiger partial charge in [0.1, 0.15) is 34.5 Å². The Morgan fingerprint density at radius 1 is 1.12 bits per heavy atom. The average molecular weight is 354 g/mol. The summed E-state index contributed by atoms with van der Waals surface area (Å²) < 4.78 is 11.0. The number of hydrogen-bond donors (Lipinski definition) is 3. The van der Waals surface area contributed by atoms with Crippen molar-refractivity contribution in [1.29, 1.82) is 0 Å². The van der Waals surface area contributed by atoms with Gasteiger partial charge in [0.2, 0.25) is 5.43 Å². The second-order valence-electron chi connectivity index (χ2n) is 7.04. The first-order valence-electron chi connectivity index (χ1n) is 8.24. The Hall–Kier alpha value is -2.99. The lowest BCUT2D eigenvalue weighted by molar-refractivity contribution is 0.321. The predicted molar refractivity (Wildman–Crippen MR) is 95.6 cm³/mol. The molecule has 0 saturated carbocycles. The van der Waals surface area contributed by atoms with E-state index in [9.17, 15) is 20.1 Å². The Balaban J connectivity index is 1.88. The molecule has 0 aliphatic carbocycles. The quantitative estimate of drug-likeness (QED) is 0.624. The van der Waals surface area contributed by atoms with Gasteiger partial charge >= 0.3 is 0 Å². The average Bonchev–Trinajstić information content (AvgIpc) is 3.19. The Morgan fingerprint density at radius 3 is 2.38 bits per heavy atom. The first kappa shape index (κ1) is 16.5. The van der Waals surface area contributed by atoms with Gasteiger partial charge in [-0.3, -0.25) is 4.79 Å². The van der Waals surface area contributed by atoms with Crippen LogP contribution in [0, 0.1) is 0 Å². The molecule has 3 aromatic rings. The van der Waals surface area contributed by atoms with E-state index in [-0.39, 0.29) is 51.0 Å². The minimum atomic E-state index is -0.410. The lowest BCUT2D eigenvalue weighted by Crippen LogP contribution is -2.09. The summed E-state index contributed by atoms with van der Waals surface area (Å²) in [4.78, 5) is 12.9. The molecule has 6 nitrogen and oxygen atoms in total. The first-order chi connectivity index (χ1) is 12.3. The fourth-order valence-corrected chi connectivity index (χ4v) is 3.14. The lowest BCUT2D eigenvalue weighted by Gasteiger charge is -2.10. The monoisotopic (exact) mass is 354 g/mol. The van der Waals surface area contributed by atoms with Gasteiger partial charge in [0.25, 0.3) is 0 Å². The zero-order valence-electron chi connectivity index (χ0n) is 14.3. The van der Waals surface area contributed by atoms with Crippen LogP contribution in [0.1, 0.15) is 19.4 Å². The van der Waals surface area contributed by atoms with Crippen LogP contribution < -0.4 is 5.43 Å². The van der Waals surface area contributed by atoms with Gasteiger partial charge in [-0.25, -0.2) is 0 Å². The lowest BCUT2D eigenvalue weighted by atomic mass is 9.98. The van der Waals surface area contributed by atoms with Crippen molar-refractivity contribution >= 4 is 11.0 Å². The van der Waals surface area contributed by atoms with Crippen molar-refractivity contribution in [2.24, 2.45) is 0 Å². The molecule has 0 spiro atoms. The summed E-state index contributed by atoms with van der Waals surface area (Å²) in [5, 5.41) is 30.3. The zero-order chi connectivity index (χ0) is 18.6. The van der Waals surface area contributed by atoms with E-state index in [1.165, 1.54) is 24.5 Å². The van der Waals surface area contributed by atoms with Gasteiger partial charge in [0.05, 0.1) is 17.3 Å². The van der Waals surface area contributed by atoms with Crippen LogP contribution in [0.25, 0.3) is 22.1 Å². The number of rotatable bonds is 3. The SMILES string of the molecule is CC1(C)OC1Cc1c(O)cc2occ(-c3ccc(O)cc3)c(=O)c2c1O. The number of fused-ring (bicyclic) bond motifs is 1. The van der Waals surface area contributed by atoms with Gasteiger partial charge < -0.3 is 24.5 Å². The largest absolute Gasteiger partial charge is 0.508 e. The molecule has 0 bridgehead atoms. The van der Waals surface area contributed by atoms with Crippen molar-refractivity contribution in [3.05, 3.63) is 52.4 Å². The van der Waals surface area contributed by atoms with Gasteiger partial charge in [0, 0.05) is 18.1 Å². The van der Waals surface area contributed by atoms with E-state index < -0.39 is 5.43 Å². The number of benzene rings is 2. The summed E-state index contributed by atoms with van der Waals surface area (Å²) in [5.41, 5.74) is 0.459. The van der Waals surface area contributed by atoms with Gasteiger partial charge in [-0.1, -0.05) is 12.1 Å². The highest BCUT2D eigenvalue weighted by atomic mass is 16.6. The molecule has 4 rings (SSSR count). The molecule has 1 aromatic heterocycles. The molecule has 2 aromatic carbocycles. The maximum absolute atomic E-state index is 12.9. The van der Waals surface area contributed by atoms with Crippen LogP contribution >= 0.6 is 0 Å². The van der Waals surface area contributed by atoms with Gasteiger partial charge in [0.15, 0.2) is 0 Å². The van der Waals surface area contributed by atoms with Crippen LogP contribution in [0.15, 0.2) is 45.8 Å². The second kappa shape index (κ2) is 5.51. The van der Waals surface area contributed by atoms with Gasteiger partial charge in [-0.2, -0.15) is 0 Å². The summed E-state index contributed by atoms with van der Waals surface area (Å²) in [7, 11) is 0. The third-order valence-corrected chi connectivity index (χ3v) is 4.85. The maximum Gasteiger partial charge on any atom is 0.204 e. The summed E-state index contributed by atoms with van der Waals surface area (Å²) in [6.07, 6.45) is 1.44. The molecule has 1 unspecified atom stereocenters. The number of aromatic hydroxyl groups is 3. The zero-order valence-corrected chi connectivity index (χ0v) is 14.3. The van der Waals surface area contributed by atoms with E-state index in [0.717, 1.165) is 0 Å². The summed E-state index contributed by atoms with van der Waals surface area (Å²) in [6, 6.07) is 7.45. The van der Waals surface area contributed by atoms with Crippen LogP contribution in [0.5, 0.6) is 17.2 Å². The molecule has 1 saturated heterocycles. The number of hydrogen-bond acceptors (Lipinski definition) is 6. The highest BCUT2D eigenvalue weighted by Crippen LogP contribution is 2.43. The molecule has 1 fully saturated rings. The molecular weight excluding hydrogens is 336 g/mol. The predicted octanol–water partition coefficient (Wildman–Crippen LogP) is 3.30. The highest BCUT2D eigenvalue weighted by molar-refractivity contribution is 5.89. The molecule has 6 heteroatoms. The second-order valence-corrected chi connectivity index (χ2v) is 7.04. The molecule has 1 aliphatic heterocycles. The van der Waals surface area contributed by atoms with E-state index in [4.69, 9.17) is 9.15 Å². The van der Waals surface area contributed by atoms with Crippen LogP contribution in [-0.4, -0.2) is 27.0 Å². The topological polar surface area (TPSA) is 103 Å². The molecule has 26 heavy (non-hydrogen) atoms. The molecular formula is C20H18O6. The molecule has 0 amide bonds. The maximum atomic E-state index is 12.9. The third-order valence-electron chi connectivity index (χ3n) is 4.85. The third kappa shape index (κ3) is 2.59. The van der Waals surface area contributed by atoms with Crippen LogP contribution in [-0.2, 0) is 11.2 Å². The molecule has 3 N–H and O–H groups in total. The van der Waals surface area contributed by atoms with Crippen LogP contribution in [0.3, 0.4) is 0 Å². The normalized spacial score (nSPS) is 18.2. The highest BCUT2D eigenvalue weighted by Gasteiger charge is 2.48. The minimum Gasteiger partial charge on any atom is -0.508 e. The fraction of sp³-hybridized carbons (Fsp3) is 0.250. The standard InChI is InChI=1S/C20H18O6/c1-20(2)16(26-20)7-12-14(22)8-15-17(18(12)23)19(24)13(9-25-15)10-3-5-11(21)6-4-10/h3-6,8-9,16,21-23H,7H2,1-2H3. The summed E-state index contributed by atoms with van der Waals surface area (Å²) >= 11 is 0. The van der Waals surface area contributed by atoms with Gasteiger partial charge in [-0.15, -0.1) is 0 Å². The van der Waals surface area contributed by atoms with Crippen molar-refractivity contribution < 1.29 is 24.5 Å². The molecule has 0 radical (unpaired) electrons. The first-order valence-corrected chi connectivity index (χ1v) is 8.24. The number of phenolic OH excluding ortho intramolecular Hbond substituents is 3. The number of epoxide rings is 1. The Labute approximate surface area is 148 Å². The molecule has 2 heterocycles. The van der Waals surface area contributed by atoms with E-state index in [0.29, 0.717) is 12.0 Å². The number of phenols is 3. The molecule has 134 valence electrons. The summed E-state index contributed by atoms with van der Waals surface area (Å²) in [6.45, 7) is 3.84. The Bertz CT molecular complexity index is 1060. The molecule has 1 aliphatic rings.